The van der Waals surface area contributed by atoms with Gasteiger partial charge in [-0.25, -0.2) is 9.78 Å². The molecule has 2 fully saturated rings. The minimum absolute atomic E-state index is 0.0989. The van der Waals surface area contributed by atoms with Gasteiger partial charge in [-0.1, -0.05) is 39.3 Å². The number of aliphatic hydroxyl groups excluding tert-OH is 1. The second kappa shape index (κ2) is 6.40. The predicted molar refractivity (Wildman–Crippen MR) is 92.1 cm³/mol. The van der Waals surface area contributed by atoms with Crippen molar-refractivity contribution in [3.8, 4) is 0 Å². The highest BCUT2D eigenvalue weighted by atomic mass is 17.2. The smallest absolute Gasteiger partial charge is 0.148 e. The summed E-state index contributed by atoms with van der Waals surface area (Å²) in [6.07, 6.45) is 7.44. The summed E-state index contributed by atoms with van der Waals surface area (Å²) in [5.74, 6) is 0.756. The van der Waals surface area contributed by atoms with E-state index in [0.29, 0.717) is 16.9 Å². The van der Waals surface area contributed by atoms with E-state index in [-0.39, 0.29) is 24.0 Å². The van der Waals surface area contributed by atoms with Gasteiger partial charge in [0.2, 0.25) is 0 Å². The van der Waals surface area contributed by atoms with Crippen molar-refractivity contribution in [2.75, 3.05) is 6.61 Å². The third-order valence-corrected chi connectivity index (χ3v) is 6.82. The zero-order chi connectivity index (χ0) is 17.5. The minimum Gasteiger partial charge on any atom is -0.393 e. The highest BCUT2D eigenvalue weighted by Gasteiger charge is 2.55. The van der Waals surface area contributed by atoms with Crippen molar-refractivity contribution in [3.63, 3.8) is 0 Å². The number of hydrogen-bond acceptors (Lipinski definition) is 4. The molecule has 0 spiro atoms. The average Bonchev–Trinajstić information content (AvgIpc) is 2.53. The number of aldehydes is 1. The van der Waals surface area contributed by atoms with Gasteiger partial charge in [0.25, 0.3) is 0 Å². The molecule has 0 aromatic carbocycles. The maximum absolute atomic E-state index is 11.4. The van der Waals surface area contributed by atoms with E-state index in [4.69, 9.17) is 9.78 Å². The molecule has 5 atom stereocenters. The van der Waals surface area contributed by atoms with Crippen molar-refractivity contribution < 1.29 is 19.7 Å². The van der Waals surface area contributed by atoms with Crippen LogP contribution in [0, 0.1) is 22.7 Å². The fraction of sp³-hybridized carbons (Fsp3) is 0.750. The summed E-state index contributed by atoms with van der Waals surface area (Å²) < 4.78 is 0. The van der Waals surface area contributed by atoms with Gasteiger partial charge in [0.15, 0.2) is 0 Å². The summed E-state index contributed by atoms with van der Waals surface area (Å²) >= 11 is 0. The van der Waals surface area contributed by atoms with E-state index >= 15 is 0 Å². The average molecular weight is 334 g/mol. The lowest BCUT2D eigenvalue weighted by Crippen LogP contribution is -2.53. The molecule has 1 heterocycles. The largest absolute Gasteiger partial charge is 0.393 e. The molecule has 1 aliphatic heterocycles. The number of carbonyl (C=O) groups excluding carboxylic acids is 1. The lowest BCUT2D eigenvalue weighted by Gasteiger charge is -2.59. The van der Waals surface area contributed by atoms with E-state index in [1.165, 1.54) is 24.8 Å². The Kier molecular flexibility index (Phi) is 4.75. The Bertz CT molecular complexity index is 550. The van der Waals surface area contributed by atoms with Crippen LogP contribution < -0.4 is 0 Å². The third kappa shape index (κ3) is 2.79. The summed E-state index contributed by atoms with van der Waals surface area (Å²) in [5.41, 5.74) is 2.08. The summed E-state index contributed by atoms with van der Waals surface area (Å²) in [6.45, 7) is 11.2. The van der Waals surface area contributed by atoms with Crippen LogP contribution in [0.15, 0.2) is 23.8 Å². The zero-order valence-electron chi connectivity index (χ0n) is 15.1. The Morgan fingerprint density at radius 3 is 2.75 bits per heavy atom. The van der Waals surface area contributed by atoms with Crippen LogP contribution in [0.2, 0.25) is 0 Å². The number of carbonyl (C=O) groups is 1. The summed E-state index contributed by atoms with van der Waals surface area (Å²) in [4.78, 5) is 22.3. The molecule has 0 unspecified atom stereocenters. The molecule has 2 saturated carbocycles. The van der Waals surface area contributed by atoms with Crippen molar-refractivity contribution in [2.45, 2.75) is 65.1 Å². The minimum atomic E-state index is -0.679. The fourth-order valence-corrected chi connectivity index (χ4v) is 5.73. The first-order valence-corrected chi connectivity index (χ1v) is 9.11. The number of fused-ring (bicyclic) bond motifs is 1. The molecule has 134 valence electrons. The van der Waals surface area contributed by atoms with Crippen LogP contribution >= 0.6 is 0 Å². The molecule has 3 aliphatic rings. The van der Waals surface area contributed by atoms with Gasteiger partial charge in [0.1, 0.15) is 18.5 Å². The first-order chi connectivity index (χ1) is 11.3. The molecule has 0 radical (unpaired) electrons. The molecule has 1 N–H and O–H groups in total. The van der Waals surface area contributed by atoms with Gasteiger partial charge in [-0.3, -0.25) is 4.79 Å². The van der Waals surface area contributed by atoms with Crippen molar-refractivity contribution >= 4 is 6.29 Å². The maximum Gasteiger partial charge on any atom is 0.148 e. The highest BCUT2D eigenvalue weighted by Crippen LogP contribution is 2.62. The van der Waals surface area contributed by atoms with E-state index in [1.807, 2.05) is 6.08 Å². The van der Waals surface area contributed by atoms with Crippen LogP contribution in [-0.4, -0.2) is 30.2 Å². The van der Waals surface area contributed by atoms with E-state index in [1.54, 1.807) is 0 Å². The van der Waals surface area contributed by atoms with Crippen LogP contribution in [0.25, 0.3) is 0 Å². The Morgan fingerprint density at radius 1 is 1.33 bits per heavy atom. The van der Waals surface area contributed by atoms with Crippen LogP contribution in [0.3, 0.4) is 0 Å². The predicted octanol–water partition coefficient (Wildman–Crippen LogP) is 3.60. The van der Waals surface area contributed by atoms with Gasteiger partial charge in [-0.05, 0) is 48.5 Å². The summed E-state index contributed by atoms with van der Waals surface area (Å²) in [6, 6.07) is 0. The van der Waals surface area contributed by atoms with Gasteiger partial charge in [0, 0.05) is 11.5 Å². The van der Waals surface area contributed by atoms with Gasteiger partial charge >= 0.3 is 0 Å². The van der Waals surface area contributed by atoms with Crippen LogP contribution in [0.1, 0.15) is 52.9 Å². The molecular formula is C20H30O4. The molecule has 4 heteroatoms. The quantitative estimate of drug-likeness (QED) is 0.487. The highest BCUT2D eigenvalue weighted by molar-refractivity contribution is 5.75. The fourth-order valence-electron chi connectivity index (χ4n) is 5.73. The molecular weight excluding hydrogens is 304 g/mol. The van der Waals surface area contributed by atoms with Gasteiger partial charge in [-0.2, -0.15) is 0 Å². The van der Waals surface area contributed by atoms with Crippen LogP contribution in [0.4, 0.5) is 0 Å². The molecule has 0 bridgehead atoms. The van der Waals surface area contributed by atoms with Crippen LogP contribution in [-0.2, 0) is 14.6 Å². The first-order valence-electron chi connectivity index (χ1n) is 9.11. The van der Waals surface area contributed by atoms with Gasteiger partial charge in [0.05, 0.1) is 6.61 Å². The van der Waals surface area contributed by atoms with Gasteiger partial charge in [-0.15, -0.1) is 0 Å². The molecule has 0 aromatic heterocycles. The molecule has 0 saturated heterocycles. The van der Waals surface area contributed by atoms with Crippen molar-refractivity contribution in [2.24, 2.45) is 22.7 Å². The number of rotatable bonds is 3. The molecule has 4 nitrogen and oxygen atoms in total. The Labute approximate surface area is 144 Å². The third-order valence-electron chi connectivity index (χ3n) is 6.82. The summed E-state index contributed by atoms with van der Waals surface area (Å²) in [5, 5.41) is 9.33. The van der Waals surface area contributed by atoms with Crippen molar-refractivity contribution in [1.82, 2.24) is 0 Å². The van der Waals surface area contributed by atoms with E-state index in [2.05, 4.69) is 27.4 Å². The topological polar surface area (TPSA) is 55.8 Å². The van der Waals surface area contributed by atoms with E-state index < -0.39 is 6.10 Å². The lowest BCUT2D eigenvalue weighted by molar-refractivity contribution is -0.358. The molecule has 0 aromatic rings. The van der Waals surface area contributed by atoms with E-state index in [0.717, 1.165) is 19.1 Å². The number of hydrogen-bond donors (Lipinski definition) is 1. The first kappa shape index (κ1) is 17.8. The van der Waals surface area contributed by atoms with Crippen LogP contribution in [0.5, 0.6) is 0 Å². The molecule has 0 amide bonds. The normalized spacial score (nSPS) is 42.2. The Morgan fingerprint density at radius 2 is 2.08 bits per heavy atom. The molecule has 2 aliphatic carbocycles. The standard InChI is InChI=1S/C20H30O4/c1-13-6-7-17-19(2,3)8-5-9-20(17,4)18(13)15-10-14(11-21)16(12-22)24-23-15/h10-11,15-18,22H,1,5-9,12H2,2-4H3/t15-,16+,17-,18+,20-/m0/s1. The second-order valence-electron chi connectivity index (χ2n) is 8.69. The monoisotopic (exact) mass is 334 g/mol. The number of aliphatic hydroxyl groups is 1. The van der Waals surface area contributed by atoms with Crippen molar-refractivity contribution in [3.05, 3.63) is 23.8 Å². The lowest BCUT2D eigenvalue weighted by atomic mass is 9.47. The zero-order valence-corrected chi connectivity index (χ0v) is 15.1. The summed E-state index contributed by atoms with van der Waals surface area (Å²) in [7, 11) is 0. The maximum atomic E-state index is 11.4. The SMILES string of the molecule is C=C1CC[C@H]2C(C)(C)CCC[C@]2(C)[C@H]1[C@@H]1C=C(C=O)[C@@H](CO)OO1. The molecule has 24 heavy (non-hydrogen) atoms. The van der Waals surface area contributed by atoms with Gasteiger partial charge < -0.3 is 5.11 Å². The Balaban J connectivity index is 1.96. The Hall–Kier alpha value is -0.970. The van der Waals surface area contributed by atoms with Crippen molar-refractivity contribution in [1.29, 1.82) is 0 Å². The second-order valence-corrected chi connectivity index (χ2v) is 8.69. The molecule has 3 rings (SSSR count). The van der Waals surface area contributed by atoms with E-state index in [9.17, 15) is 9.90 Å².